The number of carbonyl (C=O) groups excluding carboxylic acids is 4. The van der Waals surface area contributed by atoms with Gasteiger partial charge in [-0.2, -0.15) is 0 Å². The highest BCUT2D eigenvalue weighted by atomic mass is 16.4. The maximum absolute atomic E-state index is 13.6. The summed E-state index contributed by atoms with van der Waals surface area (Å²) in [5.41, 5.74) is 7.27. The smallest absolute Gasteiger partial charge is 0.336 e. The Bertz CT molecular complexity index is 1570. The molecular weight excluding hydrogens is 582 g/mol. The van der Waals surface area contributed by atoms with Crippen molar-refractivity contribution in [2.45, 2.75) is 70.5 Å². The molecule has 0 radical (unpaired) electrons. The first-order chi connectivity index (χ1) is 21.5. The third-order valence-corrected chi connectivity index (χ3v) is 7.05. The van der Waals surface area contributed by atoms with Gasteiger partial charge in [0.1, 0.15) is 23.7 Å². The molecule has 0 bridgehead atoms. The largest absolute Gasteiger partial charge is 0.481 e. The normalized spacial score (nSPS) is 12.9. The molecule has 0 fully saturated rings. The van der Waals surface area contributed by atoms with E-state index in [4.69, 9.17) is 15.3 Å². The van der Waals surface area contributed by atoms with Gasteiger partial charge < -0.3 is 36.5 Å². The van der Waals surface area contributed by atoms with Gasteiger partial charge in [-0.15, -0.1) is 0 Å². The molecule has 3 aromatic rings. The number of nitrogens with two attached hydrogens (primary N) is 1. The summed E-state index contributed by atoms with van der Waals surface area (Å²) in [5.74, 6) is -3.56. The van der Waals surface area contributed by atoms with Crippen LogP contribution in [0.3, 0.4) is 0 Å². The molecule has 1 aromatic heterocycles. The van der Waals surface area contributed by atoms with Gasteiger partial charge in [0.25, 0.3) is 0 Å². The van der Waals surface area contributed by atoms with E-state index in [0.29, 0.717) is 36.0 Å². The minimum atomic E-state index is -1.14. The number of hydrogen-bond acceptors (Lipinski definition) is 8. The van der Waals surface area contributed by atoms with Crippen LogP contribution in [0.15, 0.2) is 63.8 Å². The number of carbonyl (C=O) groups is 5. The van der Waals surface area contributed by atoms with Gasteiger partial charge in [0, 0.05) is 36.0 Å². The van der Waals surface area contributed by atoms with Gasteiger partial charge in [-0.05, 0) is 62.9 Å². The number of unbranched alkanes of at least 4 members (excludes halogenated alkanes) is 1. The third kappa shape index (κ3) is 10.9. The molecular formula is C32H39N5O8. The molecule has 1 heterocycles. The Morgan fingerprint density at radius 2 is 1.58 bits per heavy atom. The molecule has 0 aliphatic rings. The van der Waals surface area contributed by atoms with Gasteiger partial charge in [-0.25, -0.2) is 4.79 Å². The SMILES string of the molecule is Cc1cc(=O)oc2cc(NC(=O)C(CCCCN)NC(=O)C(Cc3ccccc3)NC(=O)C(C)NC(=O)CCC(=O)O)ccc12. The summed E-state index contributed by atoms with van der Waals surface area (Å²) in [6.45, 7) is 3.59. The van der Waals surface area contributed by atoms with E-state index in [-0.39, 0.29) is 25.7 Å². The third-order valence-electron chi connectivity index (χ3n) is 7.05. The van der Waals surface area contributed by atoms with Crippen molar-refractivity contribution in [3.8, 4) is 0 Å². The zero-order valence-electron chi connectivity index (χ0n) is 25.3. The summed E-state index contributed by atoms with van der Waals surface area (Å²) in [4.78, 5) is 74.7. The first kappa shape index (κ1) is 34.5. The van der Waals surface area contributed by atoms with E-state index >= 15 is 0 Å². The Kier molecular flexibility index (Phi) is 12.8. The van der Waals surface area contributed by atoms with Gasteiger partial charge >= 0.3 is 11.6 Å². The monoisotopic (exact) mass is 621 g/mol. The van der Waals surface area contributed by atoms with E-state index in [2.05, 4.69) is 21.3 Å². The molecule has 2 aromatic carbocycles. The van der Waals surface area contributed by atoms with Crippen LogP contribution in [0.5, 0.6) is 0 Å². The number of aryl methyl sites for hydroxylation is 1. The number of rotatable bonds is 16. The second-order valence-corrected chi connectivity index (χ2v) is 10.7. The fraction of sp³-hybridized carbons (Fsp3) is 0.375. The van der Waals surface area contributed by atoms with E-state index < -0.39 is 53.3 Å². The van der Waals surface area contributed by atoms with E-state index in [1.165, 1.54) is 19.1 Å². The van der Waals surface area contributed by atoms with Crippen LogP contribution in [0.1, 0.15) is 50.2 Å². The second kappa shape index (κ2) is 16.7. The molecule has 0 aliphatic heterocycles. The summed E-state index contributed by atoms with van der Waals surface area (Å²) in [6.07, 6.45) is 0.819. The van der Waals surface area contributed by atoms with Crippen LogP contribution >= 0.6 is 0 Å². The lowest BCUT2D eigenvalue weighted by molar-refractivity contribution is -0.139. The number of aliphatic carboxylic acids is 1. The van der Waals surface area contributed by atoms with Gasteiger partial charge in [0.15, 0.2) is 0 Å². The van der Waals surface area contributed by atoms with Crippen LogP contribution in [-0.2, 0) is 30.4 Å². The summed E-state index contributed by atoms with van der Waals surface area (Å²) in [7, 11) is 0. The minimum Gasteiger partial charge on any atom is -0.481 e. The molecule has 45 heavy (non-hydrogen) atoms. The molecule has 0 spiro atoms. The molecule has 3 unspecified atom stereocenters. The molecule has 4 amide bonds. The zero-order valence-corrected chi connectivity index (χ0v) is 25.3. The first-order valence-electron chi connectivity index (χ1n) is 14.7. The van der Waals surface area contributed by atoms with Crippen LogP contribution in [0.25, 0.3) is 11.0 Å². The quantitative estimate of drug-likeness (QED) is 0.101. The van der Waals surface area contributed by atoms with Crippen LogP contribution in [0, 0.1) is 6.92 Å². The van der Waals surface area contributed by atoms with Crippen LogP contribution in [0.4, 0.5) is 5.69 Å². The topological polar surface area (TPSA) is 210 Å². The van der Waals surface area contributed by atoms with E-state index in [0.717, 1.165) is 11.1 Å². The van der Waals surface area contributed by atoms with Crippen molar-refractivity contribution in [3.63, 3.8) is 0 Å². The molecule has 240 valence electrons. The predicted octanol–water partition coefficient (Wildman–Crippen LogP) is 1.75. The lowest BCUT2D eigenvalue weighted by Gasteiger charge is -2.25. The lowest BCUT2D eigenvalue weighted by atomic mass is 10.0. The number of fused-ring (bicyclic) bond motifs is 1. The first-order valence-corrected chi connectivity index (χ1v) is 14.7. The molecule has 0 saturated heterocycles. The average molecular weight is 622 g/mol. The standard InChI is InChI=1S/C32H39N5O8/c1-19-16-29(41)45-26-18-22(11-12-23(19)26)35-31(43)24(10-6-7-15-33)36-32(44)25(17-21-8-4-3-5-9-21)37-30(42)20(2)34-27(38)13-14-28(39)40/h3-5,8-9,11-12,16,18,20,24-25H,6-7,10,13-15,17,33H2,1-2H3,(H,34,38)(H,35,43)(H,36,44)(H,37,42)(H,39,40). The van der Waals surface area contributed by atoms with E-state index in [9.17, 15) is 28.8 Å². The predicted molar refractivity (Wildman–Crippen MR) is 167 cm³/mol. The van der Waals surface area contributed by atoms with Crippen molar-refractivity contribution < 1.29 is 33.5 Å². The molecule has 3 rings (SSSR count). The Balaban J connectivity index is 1.78. The summed E-state index contributed by atoms with van der Waals surface area (Å²) < 4.78 is 5.28. The lowest BCUT2D eigenvalue weighted by Crippen LogP contribution is -2.56. The number of amides is 4. The molecule has 0 saturated carbocycles. The minimum absolute atomic E-state index is 0.0955. The Morgan fingerprint density at radius 1 is 0.867 bits per heavy atom. The molecule has 13 heteroatoms. The number of carboxylic acid groups (broad SMARTS) is 1. The molecule has 7 N–H and O–H groups in total. The van der Waals surface area contributed by atoms with E-state index in [1.807, 2.05) is 6.07 Å². The van der Waals surface area contributed by atoms with Crippen molar-refractivity contribution in [2.24, 2.45) is 5.73 Å². The van der Waals surface area contributed by atoms with Crippen molar-refractivity contribution in [3.05, 3.63) is 76.1 Å². The van der Waals surface area contributed by atoms with Gasteiger partial charge in [-0.1, -0.05) is 30.3 Å². The average Bonchev–Trinajstić information content (AvgIpc) is 2.99. The summed E-state index contributed by atoms with van der Waals surface area (Å²) in [5, 5.41) is 20.1. The van der Waals surface area contributed by atoms with E-state index in [1.54, 1.807) is 43.3 Å². The Labute approximate surface area is 259 Å². The highest BCUT2D eigenvalue weighted by Crippen LogP contribution is 2.21. The Morgan fingerprint density at radius 3 is 2.27 bits per heavy atom. The van der Waals surface area contributed by atoms with Gasteiger partial charge in [-0.3, -0.25) is 24.0 Å². The van der Waals surface area contributed by atoms with Crippen molar-refractivity contribution in [1.29, 1.82) is 0 Å². The fourth-order valence-electron chi connectivity index (χ4n) is 4.62. The van der Waals surface area contributed by atoms with Crippen LogP contribution in [-0.4, -0.2) is 59.4 Å². The molecule has 3 atom stereocenters. The summed E-state index contributed by atoms with van der Waals surface area (Å²) >= 11 is 0. The van der Waals surface area contributed by atoms with Gasteiger partial charge in [0.2, 0.25) is 23.6 Å². The second-order valence-electron chi connectivity index (χ2n) is 10.7. The maximum atomic E-state index is 13.6. The maximum Gasteiger partial charge on any atom is 0.336 e. The zero-order chi connectivity index (χ0) is 32.9. The summed E-state index contributed by atoms with van der Waals surface area (Å²) in [6, 6.07) is 12.1. The van der Waals surface area contributed by atoms with Crippen LogP contribution < -0.4 is 32.6 Å². The number of nitrogens with one attached hydrogen (secondary N) is 4. The number of hydrogen-bond donors (Lipinski definition) is 6. The number of benzene rings is 2. The van der Waals surface area contributed by atoms with Crippen molar-refractivity contribution in [1.82, 2.24) is 16.0 Å². The Hall–Kier alpha value is -5.04. The highest BCUT2D eigenvalue weighted by Gasteiger charge is 2.29. The van der Waals surface area contributed by atoms with Crippen LogP contribution in [0.2, 0.25) is 0 Å². The highest BCUT2D eigenvalue weighted by molar-refractivity contribution is 6.00. The fourth-order valence-corrected chi connectivity index (χ4v) is 4.62. The van der Waals surface area contributed by atoms with Gasteiger partial charge in [0.05, 0.1) is 6.42 Å². The van der Waals surface area contributed by atoms with Crippen molar-refractivity contribution in [2.75, 3.05) is 11.9 Å². The molecule has 0 aliphatic carbocycles. The number of anilines is 1. The van der Waals surface area contributed by atoms with Crippen molar-refractivity contribution >= 4 is 46.3 Å². The number of carboxylic acids is 1. The molecule has 13 nitrogen and oxygen atoms in total.